The fourth-order valence-electron chi connectivity index (χ4n) is 5.70. The van der Waals surface area contributed by atoms with Gasteiger partial charge >= 0.3 is 5.97 Å². The number of amides is 1. The summed E-state index contributed by atoms with van der Waals surface area (Å²) < 4.78 is 22.4. The quantitative estimate of drug-likeness (QED) is 0.137. The number of anilines is 1. The fraction of sp³-hybridized carbons (Fsp3) is 0.333. The van der Waals surface area contributed by atoms with E-state index in [1.165, 1.54) is 12.1 Å². The highest BCUT2D eigenvalue weighted by Crippen LogP contribution is 2.42. The van der Waals surface area contributed by atoms with E-state index in [1.54, 1.807) is 12.1 Å². The van der Waals surface area contributed by atoms with E-state index >= 15 is 0 Å². The van der Waals surface area contributed by atoms with Crippen LogP contribution in [0.4, 0.5) is 10.1 Å². The lowest BCUT2D eigenvalue weighted by molar-refractivity contribution is -0.139. The average molecular weight is 601 g/mol. The van der Waals surface area contributed by atoms with Crippen molar-refractivity contribution in [2.24, 2.45) is 0 Å². The molecule has 0 aliphatic heterocycles. The van der Waals surface area contributed by atoms with E-state index in [-0.39, 0.29) is 36.6 Å². The number of aliphatic carboxylic acids is 1. The lowest BCUT2D eigenvalue weighted by Gasteiger charge is -2.25. The van der Waals surface area contributed by atoms with E-state index in [0.29, 0.717) is 24.2 Å². The van der Waals surface area contributed by atoms with Gasteiger partial charge in [-0.2, -0.15) is 0 Å². The molecule has 0 spiro atoms. The number of ether oxygens (including phenoxy) is 1. The van der Waals surface area contributed by atoms with E-state index in [0.717, 1.165) is 28.1 Å². The summed E-state index contributed by atoms with van der Waals surface area (Å²) in [5, 5.41) is 22.7. The average Bonchev–Trinajstić information content (AvgIpc) is 3.32. The normalized spacial score (nSPS) is 12.8. The van der Waals surface area contributed by atoms with Gasteiger partial charge in [0.2, 0.25) is 0 Å². The van der Waals surface area contributed by atoms with Gasteiger partial charge < -0.3 is 24.8 Å². The van der Waals surface area contributed by atoms with E-state index in [9.17, 15) is 24.2 Å². The molecule has 0 aliphatic rings. The van der Waals surface area contributed by atoms with Crippen molar-refractivity contribution in [3.05, 3.63) is 102 Å². The SMILES string of the molecule is CC(C)OC(CCn1c(-c2ccc(F)cc2)c(-c2ccccc2)c(C(=O)Nc2ccccc2)c1C(C)C)CC(O)CC(=O)O. The molecular formula is C36H41FN2O5. The number of carboxylic acid groups (broad SMARTS) is 1. The van der Waals surface area contributed by atoms with Gasteiger partial charge in [0.1, 0.15) is 5.82 Å². The molecule has 4 aromatic rings. The van der Waals surface area contributed by atoms with Gasteiger partial charge in [0.15, 0.2) is 0 Å². The molecule has 0 aliphatic carbocycles. The number of carbonyl (C=O) groups is 2. The molecule has 8 heteroatoms. The minimum atomic E-state index is -1.08. The van der Waals surface area contributed by atoms with Gasteiger partial charge in [-0.25, -0.2) is 4.39 Å². The zero-order valence-electron chi connectivity index (χ0n) is 25.7. The topological polar surface area (TPSA) is 101 Å². The number of carboxylic acids is 1. The molecule has 7 nitrogen and oxygen atoms in total. The Balaban J connectivity index is 1.91. The van der Waals surface area contributed by atoms with Gasteiger partial charge in [0, 0.05) is 29.9 Å². The molecule has 0 fully saturated rings. The molecule has 0 bridgehead atoms. The number of nitrogens with one attached hydrogen (secondary N) is 1. The number of rotatable bonds is 14. The van der Waals surface area contributed by atoms with Gasteiger partial charge in [-0.15, -0.1) is 0 Å². The molecule has 3 aromatic carbocycles. The summed E-state index contributed by atoms with van der Waals surface area (Å²) in [4.78, 5) is 25.5. The first kappa shape index (κ1) is 32.6. The van der Waals surface area contributed by atoms with Crippen molar-refractivity contribution in [1.29, 1.82) is 0 Å². The third kappa shape index (κ3) is 8.21. The zero-order valence-corrected chi connectivity index (χ0v) is 25.7. The summed E-state index contributed by atoms with van der Waals surface area (Å²) in [6.07, 6.45) is -1.41. The molecule has 2 unspecified atom stereocenters. The van der Waals surface area contributed by atoms with Crippen LogP contribution in [-0.4, -0.2) is 45.0 Å². The molecule has 0 saturated heterocycles. The highest BCUT2D eigenvalue weighted by Gasteiger charge is 2.31. The van der Waals surface area contributed by atoms with Crippen molar-refractivity contribution in [3.8, 4) is 22.4 Å². The minimum absolute atomic E-state index is 0.0785. The first-order valence-corrected chi connectivity index (χ1v) is 15.0. The lowest BCUT2D eigenvalue weighted by Crippen LogP contribution is -2.27. The van der Waals surface area contributed by atoms with Crippen LogP contribution in [0.25, 0.3) is 22.4 Å². The highest BCUT2D eigenvalue weighted by molar-refractivity contribution is 6.12. The van der Waals surface area contributed by atoms with Crippen LogP contribution in [0.1, 0.15) is 68.9 Å². The number of hydrogen-bond acceptors (Lipinski definition) is 4. The first-order valence-electron chi connectivity index (χ1n) is 15.0. The summed E-state index contributed by atoms with van der Waals surface area (Å²) in [6, 6.07) is 25.2. The number of para-hydroxylation sites is 1. The van der Waals surface area contributed by atoms with Crippen molar-refractivity contribution in [1.82, 2.24) is 4.57 Å². The van der Waals surface area contributed by atoms with Crippen molar-refractivity contribution < 1.29 is 28.9 Å². The molecule has 0 radical (unpaired) electrons. The van der Waals surface area contributed by atoms with Crippen LogP contribution in [0.3, 0.4) is 0 Å². The van der Waals surface area contributed by atoms with Gasteiger partial charge in [-0.1, -0.05) is 62.4 Å². The molecule has 1 amide bonds. The molecule has 44 heavy (non-hydrogen) atoms. The maximum Gasteiger partial charge on any atom is 0.305 e. The Morgan fingerprint density at radius 2 is 1.50 bits per heavy atom. The molecule has 232 valence electrons. The monoisotopic (exact) mass is 600 g/mol. The number of carbonyl (C=O) groups excluding carboxylic acids is 1. The van der Waals surface area contributed by atoms with Crippen LogP contribution in [0.5, 0.6) is 0 Å². The number of hydrogen-bond donors (Lipinski definition) is 3. The number of nitrogens with zero attached hydrogens (tertiary/aromatic N) is 1. The first-order chi connectivity index (χ1) is 21.0. The van der Waals surface area contributed by atoms with E-state index in [4.69, 9.17) is 4.74 Å². The van der Waals surface area contributed by atoms with Gasteiger partial charge in [0.25, 0.3) is 5.91 Å². The molecule has 0 saturated carbocycles. The maximum atomic E-state index is 14.2. The minimum Gasteiger partial charge on any atom is -0.481 e. The number of aromatic nitrogens is 1. The largest absolute Gasteiger partial charge is 0.481 e. The van der Waals surface area contributed by atoms with Crippen molar-refractivity contribution >= 4 is 17.6 Å². The number of halogens is 1. The fourth-order valence-corrected chi connectivity index (χ4v) is 5.70. The van der Waals surface area contributed by atoms with Crippen molar-refractivity contribution in [2.75, 3.05) is 5.32 Å². The summed E-state index contributed by atoms with van der Waals surface area (Å²) in [6.45, 7) is 8.28. The Morgan fingerprint density at radius 3 is 2.07 bits per heavy atom. The summed E-state index contributed by atoms with van der Waals surface area (Å²) in [5.41, 5.74) is 5.11. The molecule has 3 N–H and O–H groups in total. The van der Waals surface area contributed by atoms with Crippen molar-refractivity contribution in [2.45, 2.75) is 77.7 Å². The Labute approximate surface area is 258 Å². The Bertz CT molecular complexity index is 1530. The van der Waals surface area contributed by atoms with Gasteiger partial charge in [0.05, 0.1) is 36.0 Å². The van der Waals surface area contributed by atoms with E-state index in [1.807, 2.05) is 88.4 Å². The van der Waals surface area contributed by atoms with Crippen LogP contribution in [0.2, 0.25) is 0 Å². The van der Waals surface area contributed by atoms with Crippen LogP contribution < -0.4 is 5.32 Å². The number of aliphatic hydroxyl groups excluding tert-OH is 1. The second-order valence-corrected chi connectivity index (χ2v) is 11.6. The molecule has 4 rings (SSSR count). The Hall–Kier alpha value is -4.27. The number of aliphatic hydroxyl groups is 1. The number of benzene rings is 3. The summed E-state index contributed by atoms with van der Waals surface area (Å²) in [7, 11) is 0. The molecular weight excluding hydrogens is 559 g/mol. The Morgan fingerprint density at radius 1 is 0.886 bits per heavy atom. The third-order valence-electron chi connectivity index (χ3n) is 7.37. The van der Waals surface area contributed by atoms with E-state index < -0.39 is 18.2 Å². The van der Waals surface area contributed by atoms with Crippen LogP contribution in [-0.2, 0) is 16.1 Å². The van der Waals surface area contributed by atoms with Crippen molar-refractivity contribution in [3.63, 3.8) is 0 Å². The van der Waals surface area contributed by atoms with Gasteiger partial charge in [-0.05, 0) is 73.7 Å². The van der Waals surface area contributed by atoms with E-state index in [2.05, 4.69) is 9.88 Å². The molecule has 2 atom stereocenters. The predicted molar refractivity (Wildman–Crippen MR) is 171 cm³/mol. The maximum absolute atomic E-state index is 14.2. The van der Waals surface area contributed by atoms with Crippen LogP contribution in [0.15, 0.2) is 84.9 Å². The van der Waals surface area contributed by atoms with Gasteiger partial charge in [-0.3, -0.25) is 9.59 Å². The predicted octanol–water partition coefficient (Wildman–Crippen LogP) is 7.75. The third-order valence-corrected chi connectivity index (χ3v) is 7.37. The highest BCUT2D eigenvalue weighted by atomic mass is 19.1. The van der Waals surface area contributed by atoms with Crippen LogP contribution >= 0.6 is 0 Å². The van der Waals surface area contributed by atoms with Crippen LogP contribution in [0, 0.1) is 5.82 Å². The second kappa shape index (κ2) is 14.9. The zero-order chi connectivity index (χ0) is 31.8. The summed E-state index contributed by atoms with van der Waals surface area (Å²) >= 11 is 0. The smallest absolute Gasteiger partial charge is 0.305 e. The lowest BCUT2D eigenvalue weighted by atomic mass is 9.94. The second-order valence-electron chi connectivity index (χ2n) is 11.6. The summed E-state index contributed by atoms with van der Waals surface area (Å²) in [5.74, 6) is -1.77. The Kier molecular flexibility index (Phi) is 11.1. The molecule has 1 heterocycles. The standard InChI is InChI=1S/C36H41FN2O5/c1-23(2)34-33(36(43)38-28-13-9-6-10-14-28)32(25-11-7-5-8-12-25)35(26-15-17-27(37)18-16-26)39(34)20-19-30(44-24(3)4)21-29(40)22-31(41)42/h5-18,23-24,29-30,40H,19-22H2,1-4H3,(H,38,43)(H,41,42). The molecule has 1 aromatic heterocycles.